The van der Waals surface area contributed by atoms with E-state index in [1.807, 2.05) is 34.0 Å². The largest absolute Gasteiger partial charge is 0.494 e. The number of nitrogens with one attached hydrogen (secondary N) is 1. The molecule has 3 rings (SSSR count). The number of benzene rings is 3. The Morgan fingerprint density at radius 2 is 1.57 bits per heavy atom. The Morgan fingerprint density at radius 3 is 2.10 bits per heavy atom. The normalized spacial score (nSPS) is 12.1. The van der Waals surface area contributed by atoms with E-state index in [0.29, 0.717) is 29.5 Å². The zero-order chi connectivity index (χ0) is 30.9. The Morgan fingerprint density at radius 1 is 0.952 bits per heavy atom. The molecular formula is C31H38ClN3O5S2. The number of amides is 2. The van der Waals surface area contributed by atoms with Gasteiger partial charge in [-0.25, -0.2) is 8.42 Å². The molecule has 0 spiro atoms. The van der Waals surface area contributed by atoms with Gasteiger partial charge >= 0.3 is 0 Å². The second-order valence-electron chi connectivity index (χ2n) is 9.85. The number of hydrogen-bond acceptors (Lipinski definition) is 6. The Bertz CT molecular complexity index is 1430. The summed E-state index contributed by atoms with van der Waals surface area (Å²) in [5, 5.41) is 3.44. The van der Waals surface area contributed by atoms with Crippen LogP contribution in [0.3, 0.4) is 0 Å². The number of carbonyl (C=O) groups is 2. The van der Waals surface area contributed by atoms with Crippen LogP contribution in [-0.4, -0.2) is 56.6 Å². The molecule has 0 aromatic heterocycles. The Labute approximate surface area is 258 Å². The van der Waals surface area contributed by atoms with Crippen molar-refractivity contribution in [1.29, 1.82) is 0 Å². The first kappa shape index (κ1) is 33.3. The molecule has 1 atom stereocenters. The maximum atomic E-state index is 14.1. The van der Waals surface area contributed by atoms with Crippen LogP contribution in [0.1, 0.15) is 39.7 Å². The summed E-state index contributed by atoms with van der Waals surface area (Å²) in [6, 6.07) is 19.1. The summed E-state index contributed by atoms with van der Waals surface area (Å²) in [4.78, 5) is 29.8. The maximum absolute atomic E-state index is 14.1. The molecule has 0 unspecified atom stereocenters. The molecule has 8 nitrogen and oxygen atoms in total. The molecule has 0 aliphatic rings. The van der Waals surface area contributed by atoms with Crippen molar-refractivity contribution in [3.63, 3.8) is 0 Å². The van der Waals surface area contributed by atoms with E-state index in [1.165, 1.54) is 28.8 Å². The van der Waals surface area contributed by atoms with Gasteiger partial charge in [0.15, 0.2) is 0 Å². The predicted octanol–water partition coefficient (Wildman–Crippen LogP) is 5.99. The van der Waals surface area contributed by atoms with E-state index in [1.54, 1.807) is 60.7 Å². The first-order valence-electron chi connectivity index (χ1n) is 13.7. The van der Waals surface area contributed by atoms with Crippen molar-refractivity contribution in [2.45, 2.75) is 62.5 Å². The van der Waals surface area contributed by atoms with Crippen LogP contribution in [0.4, 0.5) is 5.69 Å². The van der Waals surface area contributed by atoms with Gasteiger partial charge in [0.2, 0.25) is 11.8 Å². The van der Waals surface area contributed by atoms with E-state index in [4.69, 9.17) is 16.3 Å². The van der Waals surface area contributed by atoms with Crippen LogP contribution in [0, 0.1) is 0 Å². The van der Waals surface area contributed by atoms with E-state index in [-0.39, 0.29) is 23.4 Å². The average Bonchev–Trinajstić information content (AvgIpc) is 2.97. The van der Waals surface area contributed by atoms with E-state index in [9.17, 15) is 18.0 Å². The highest BCUT2D eigenvalue weighted by atomic mass is 35.5. The third-order valence-corrected chi connectivity index (χ3v) is 9.23. The summed E-state index contributed by atoms with van der Waals surface area (Å²) < 4.78 is 34.7. The first-order valence-corrected chi connectivity index (χ1v) is 16.8. The lowest BCUT2D eigenvalue weighted by Crippen LogP contribution is -2.53. The second-order valence-corrected chi connectivity index (χ2v) is 13.0. The fraction of sp³-hybridized carbons (Fsp3) is 0.355. The molecule has 3 aromatic rings. The number of nitrogens with zero attached hydrogens (tertiary/aromatic N) is 2. The Balaban J connectivity index is 2.06. The minimum Gasteiger partial charge on any atom is -0.494 e. The molecule has 0 aliphatic carbocycles. The molecule has 226 valence electrons. The highest BCUT2D eigenvalue weighted by Crippen LogP contribution is 2.28. The Kier molecular flexibility index (Phi) is 12.1. The van der Waals surface area contributed by atoms with Crippen molar-refractivity contribution in [3.8, 4) is 5.75 Å². The van der Waals surface area contributed by atoms with Crippen molar-refractivity contribution in [3.05, 3.63) is 83.4 Å². The van der Waals surface area contributed by atoms with E-state index < -0.39 is 28.5 Å². The van der Waals surface area contributed by atoms with Crippen LogP contribution in [0.5, 0.6) is 5.75 Å². The highest BCUT2D eigenvalue weighted by molar-refractivity contribution is 7.98. The Hall–Kier alpha value is -3.21. The molecule has 0 saturated carbocycles. The third-order valence-electron chi connectivity index (χ3n) is 6.45. The molecule has 0 fully saturated rings. The predicted molar refractivity (Wildman–Crippen MR) is 170 cm³/mol. The zero-order valence-corrected chi connectivity index (χ0v) is 26.9. The van der Waals surface area contributed by atoms with Gasteiger partial charge in [0.1, 0.15) is 18.3 Å². The average molecular weight is 632 g/mol. The number of halogens is 1. The molecule has 42 heavy (non-hydrogen) atoms. The maximum Gasteiger partial charge on any atom is 0.264 e. The van der Waals surface area contributed by atoms with Crippen molar-refractivity contribution in [2.24, 2.45) is 0 Å². The summed E-state index contributed by atoms with van der Waals surface area (Å²) in [5.41, 5.74) is 1.05. The van der Waals surface area contributed by atoms with Crippen LogP contribution in [0.15, 0.2) is 82.6 Å². The molecular weight excluding hydrogens is 594 g/mol. The standard InChI is InChI=1S/C31H38ClN3O5S2/c1-6-29(31(37)33-22(3)4)34(20-23-8-10-24(32)11-9-23)30(36)21-35(25-12-14-26(15-13-25)40-7-2)42(38,39)28-18-16-27(41-5)17-19-28/h8-19,22,29H,6-7,20-21H2,1-5H3,(H,33,37)/t29-/m1/s1. The van der Waals surface area contributed by atoms with Gasteiger partial charge in [-0.1, -0.05) is 30.7 Å². The van der Waals surface area contributed by atoms with Gasteiger partial charge in [0.25, 0.3) is 10.0 Å². The molecule has 0 bridgehead atoms. The van der Waals surface area contributed by atoms with Crippen molar-refractivity contribution in [2.75, 3.05) is 23.7 Å². The number of thioether (sulfide) groups is 1. The molecule has 0 aliphatic heterocycles. The third kappa shape index (κ3) is 8.65. The van der Waals surface area contributed by atoms with Crippen molar-refractivity contribution in [1.82, 2.24) is 10.2 Å². The van der Waals surface area contributed by atoms with Gasteiger partial charge in [0.05, 0.1) is 17.2 Å². The summed E-state index contributed by atoms with van der Waals surface area (Å²) in [6.07, 6.45) is 2.24. The van der Waals surface area contributed by atoms with Gasteiger partial charge in [-0.3, -0.25) is 13.9 Å². The van der Waals surface area contributed by atoms with Crippen molar-refractivity contribution < 1.29 is 22.7 Å². The van der Waals surface area contributed by atoms with Crippen LogP contribution < -0.4 is 14.4 Å². The van der Waals surface area contributed by atoms with E-state index in [0.717, 1.165) is 14.8 Å². The van der Waals surface area contributed by atoms with Gasteiger partial charge in [-0.05, 0) is 99.7 Å². The number of sulfonamides is 1. The molecule has 0 radical (unpaired) electrons. The number of rotatable bonds is 14. The SMILES string of the molecule is CCOc1ccc(N(CC(=O)N(Cc2ccc(Cl)cc2)[C@H](CC)C(=O)NC(C)C)S(=O)(=O)c2ccc(SC)cc2)cc1. The van der Waals surface area contributed by atoms with Crippen LogP contribution >= 0.6 is 23.4 Å². The highest BCUT2D eigenvalue weighted by Gasteiger charge is 2.34. The monoisotopic (exact) mass is 631 g/mol. The molecule has 3 aromatic carbocycles. The number of ether oxygens (including phenoxy) is 1. The fourth-order valence-corrected chi connectivity index (χ4v) is 6.31. The second kappa shape index (κ2) is 15.3. The van der Waals surface area contributed by atoms with Gasteiger partial charge in [-0.2, -0.15) is 0 Å². The van der Waals surface area contributed by atoms with E-state index in [2.05, 4.69) is 5.32 Å². The zero-order valence-electron chi connectivity index (χ0n) is 24.5. The molecule has 0 saturated heterocycles. The van der Waals surface area contributed by atoms with Crippen molar-refractivity contribution >= 4 is 50.9 Å². The number of anilines is 1. The number of carbonyl (C=O) groups excluding carboxylic acids is 2. The molecule has 1 N–H and O–H groups in total. The van der Waals surface area contributed by atoms with E-state index >= 15 is 0 Å². The lowest BCUT2D eigenvalue weighted by atomic mass is 10.1. The fourth-order valence-electron chi connectivity index (χ4n) is 4.37. The minimum atomic E-state index is -4.17. The lowest BCUT2D eigenvalue weighted by molar-refractivity contribution is -0.140. The summed E-state index contributed by atoms with van der Waals surface area (Å²) in [6.45, 7) is 7.41. The lowest BCUT2D eigenvalue weighted by Gasteiger charge is -2.33. The van der Waals surface area contributed by atoms with Crippen LogP contribution in [0.2, 0.25) is 5.02 Å². The summed E-state index contributed by atoms with van der Waals surface area (Å²) in [5.74, 6) is -0.248. The van der Waals surface area contributed by atoms with Gasteiger partial charge in [-0.15, -0.1) is 11.8 Å². The first-order chi connectivity index (χ1) is 20.0. The van der Waals surface area contributed by atoms with Gasteiger partial charge < -0.3 is 15.0 Å². The number of hydrogen-bond donors (Lipinski definition) is 1. The summed E-state index contributed by atoms with van der Waals surface area (Å²) >= 11 is 7.57. The molecule has 11 heteroatoms. The minimum absolute atomic E-state index is 0.0517. The van der Waals surface area contributed by atoms with Gasteiger partial charge in [0, 0.05) is 22.5 Å². The topological polar surface area (TPSA) is 96.0 Å². The van der Waals surface area contributed by atoms with Crippen LogP contribution in [0.25, 0.3) is 0 Å². The van der Waals surface area contributed by atoms with Crippen LogP contribution in [-0.2, 0) is 26.2 Å². The summed E-state index contributed by atoms with van der Waals surface area (Å²) in [7, 11) is -4.17. The quantitative estimate of drug-likeness (QED) is 0.220. The molecule has 0 heterocycles. The smallest absolute Gasteiger partial charge is 0.264 e. The molecule has 2 amide bonds.